The van der Waals surface area contributed by atoms with Crippen LogP contribution >= 0.6 is 11.6 Å². The summed E-state index contributed by atoms with van der Waals surface area (Å²) in [5.41, 5.74) is 0.583. The standard InChI is InChI=1S/C9H12ClN5O/c1-15(2)3-4-16-8-6-5-11-14-7(6)12-9(10)13-8/h5H,3-4H2,1-2H3,(H,11,12,13,14). The van der Waals surface area contributed by atoms with Crippen LogP contribution in [-0.2, 0) is 0 Å². The molecule has 0 saturated carbocycles. The molecule has 0 atom stereocenters. The monoisotopic (exact) mass is 241 g/mol. The highest BCUT2D eigenvalue weighted by atomic mass is 35.5. The van der Waals surface area contributed by atoms with Crippen molar-refractivity contribution >= 4 is 22.6 Å². The summed E-state index contributed by atoms with van der Waals surface area (Å²) in [6.07, 6.45) is 1.62. The fraction of sp³-hybridized carbons (Fsp3) is 0.444. The first kappa shape index (κ1) is 11.1. The van der Waals surface area contributed by atoms with Gasteiger partial charge in [-0.05, 0) is 25.7 Å². The second-order valence-electron chi connectivity index (χ2n) is 3.58. The summed E-state index contributed by atoms with van der Waals surface area (Å²) in [5, 5.41) is 7.48. The number of aromatic amines is 1. The van der Waals surface area contributed by atoms with Gasteiger partial charge in [-0.15, -0.1) is 0 Å². The van der Waals surface area contributed by atoms with Crippen molar-refractivity contribution < 1.29 is 4.74 Å². The number of hydrogen-bond donors (Lipinski definition) is 1. The summed E-state index contributed by atoms with van der Waals surface area (Å²) in [6.45, 7) is 1.35. The topological polar surface area (TPSA) is 66.9 Å². The molecule has 0 amide bonds. The van der Waals surface area contributed by atoms with Gasteiger partial charge in [-0.3, -0.25) is 5.10 Å². The smallest absolute Gasteiger partial charge is 0.229 e. The van der Waals surface area contributed by atoms with E-state index in [4.69, 9.17) is 16.3 Å². The first-order valence-electron chi connectivity index (χ1n) is 4.81. The van der Waals surface area contributed by atoms with Crippen molar-refractivity contribution in [2.75, 3.05) is 27.2 Å². The lowest BCUT2D eigenvalue weighted by Crippen LogP contribution is -2.19. The van der Waals surface area contributed by atoms with Gasteiger partial charge in [0, 0.05) is 6.54 Å². The molecule has 1 N–H and O–H groups in total. The molecule has 7 heteroatoms. The predicted octanol–water partition coefficient (Wildman–Crippen LogP) is 0.947. The maximum absolute atomic E-state index is 5.76. The lowest BCUT2D eigenvalue weighted by Gasteiger charge is -2.10. The van der Waals surface area contributed by atoms with Crippen LogP contribution in [0.5, 0.6) is 5.88 Å². The lowest BCUT2D eigenvalue weighted by atomic mass is 10.4. The van der Waals surface area contributed by atoms with E-state index in [1.807, 2.05) is 19.0 Å². The number of aromatic nitrogens is 4. The molecule has 0 fully saturated rings. The second-order valence-corrected chi connectivity index (χ2v) is 3.92. The molecule has 0 bridgehead atoms. The van der Waals surface area contributed by atoms with E-state index in [-0.39, 0.29) is 5.28 Å². The van der Waals surface area contributed by atoms with Crippen LogP contribution in [-0.4, -0.2) is 52.3 Å². The van der Waals surface area contributed by atoms with E-state index in [0.29, 0.717) is 18.1 Å². The van der Waals surface area contributed by atoms with Crippen LogP contribution in [0.25, 0.3) is 11.0 Å². The number of ether oxygens (including phenoxy) is 1. The van der Waals surface area contributed by atoms with Crippen molar-refractivity contribution in [2.45, 2.75) is 0 Å². The highest BCUT2D eigenvalue weighted by molar-refractivity contribution is 6.28. The van der Waals surface area contributed by atoms with Crippen LogP contribution in [0.2, 0.25) is 5.28 Å². The van der Waals surface area contributed by atoms with Gasteiger partial charge < -0.3 is 9.64 Å². The maximum Gasteiger partial charge on any atom is 0.229 e. The van der Waals surface area contributed by atoms with Crippen molar-refractivity contribution in [1.29, 1.82) is 0 Å². The van der Waals surface area contributed by atoms with Gasteiger partial charge in [0.25, 0.3) is 0 Å². The highest BCUT2D eigenvalue weighted by Gasteiger charge is 2.09. The minimum atomic E-state index is 0.150. The van der Waals surface area contributed by atoms with E-state index in [0.717, 1.165) is 11.9 Å². The Morgan fingerprint density at radius 1 is 1.44 bits per heavy atom. The van der Waals surface area contributed by atoms with E-state index in [9.17, 15) is 0 Å². The molecule has 0 aliphatic heterocycles. The Kier molecular flexibility index (Phi) is 3.21. The highest BCUT2D eigenvalue weighted by Crippen LogP contribution is 2.21. The molecule has 0 unspecified atom stereocenters. The zero-order valence-electron chi connectivity index (χ0n) is 9.07. The molecule has 0 aliphatic rings. The van der Waals surface area contributed by atoms with Gasteiger partial charge in [0.05, 0.1) is 6.20 Å². The third-order valence-electron chi connectivity index (χ3n) is 2.02. The third kappa shape index (κ3) is 2.40. The molecule has 2 aromatic heterocycles. The van der Waals surface area contributed by atoms with Crippen molar-refractivity contribution in [2.24, 2.45) is 0 Å². The van der Waals surface area contributed by atoms with Gasteiger partial charge in [-0.2, -0.15) is 15.1 Å². The summed E-state index contributed by atoms with van der Waals surface area (Å²) in [6, 6.07) is 0. The molecule has 0 aromatic carbocycles. The number of nitrogens with one attached hydrogen (secondary N) is 1. The van der Waals surface area contributed by atoms with Crippen molar-refractivity contribution in [3.8, 4) is 5.88 Å². The van der Waals surface area contributed by atoms with Crippen molar-refractivity contribution in [3.05, 3.63) is 11.5 Å². The lowest BCUT2D eigenvalue weighted by molar-refractivity contribution is 0.256. The number of hydrogen-bond acceptors (Lipinski definition) is 5. The molecule has 2 aromatic rings. The van der Waals surface area contributed by atoms with E-state index >= 15 is 0 Å². The molecule has 0 spiro atoms. The molecule has 2 rings (SSSR count). The predicted molar refractivity (Wildman–Crippen MR) is 60.7 cm³/mol. The summed E-state index contributed by atoms with van der Waals surface area (Å²) >= 11 is 5.76. The van der Waals surface area contributed by atoms with E-state index in [2.05, 4.69) is 20.2 Å². The molecule has 2 heterocycles. The summed E-state index contributed by atoms with van der Waals surface area (Å²) in [4.78, 5) is 10.0. The molecule has 16 heavy (non-hydrogen) atoms. The number of rotatable bonds is 4. The Bertz CT molecular complexity index is 484. The summed E-state index contributed by atoms with van der Waals surface area (Å²) < 4.78 is 5.53. The number of nitrogens with zero attached hydrogens (tertiary/aromatic N) is 4. The summed E-state index contributed by atoms with van der Waals surface area (Å²) in [5.74, 6) is 0.464. The van der Waals surface area contributed by atoms with Crippen LogP contribution in [0.1, 0.15) is 0 Å². The van der Waals surface area contributed by atoms with Crippen LogP contribution in [0.15, 0.2) is 6.20 Å². The SMILES string of the molecule is CN(C)CCOc1nc(Cl)nc2[nH]ncc12. The van der Waals surface area contributed by atoms with Crippen LogP contribution in [0.4, 0.5) is 0 Å². The van der Waals surface area contributed by atoms with Crippen LogP contribution in [0.3, 0.4) is 0 Å². The zero-order valence-corrected chi connectivity index (χ0v) is 9.82. The van der Waals surface area contributed by atoms with E-state index in [1.54, 1.807) is 6.20 Å². The number of halogens is 1. The summed E-state index contributed by atoms with van der Waals surface area (Å²) in [7, 11) is 3.95. The first-order valence-corrected chi connectivity index (χ1v) is 5.19. The Hall–Kier alpha value is -1.40. The fourth-order valence-corrected chi connectivity index (χ4v) is 1.38. The average molecular weight is 242 g/mol. The van der Waals surface area contributed by atoms with Gasteiger partial charge in [0.2, 0.25) is 11.2 Å². The number of likely N-dealkylation sites (N-methyl/N-ethyl adjacent to an activating group) is 1. The van der Waals surface area contributed by atoms with Gasteiger partial charge in [0.1, 0.15) is 12.0 Å². The van der Waals surface area contributed by atoms with E-state index in [1.165, 1.54) is 0 Å². The fourth-order valence-electron chi connectivity index (χ4n) is 1.22. The molecule has 0 radical (unpaired) electrons. The Morgan fingerprint density at radius 3 is 3.00 bits per heavy atom. The first-order chi connectivity index (χ1) is 7.66. The third-order valence-corrected chi connectivity index (χ3v) is 2.19. The van der Waals surface area contributed by atoms with Gasteiger partial charge in [-0.25, -0.2) is 0 Å². The minimum absolute atomic E-state index is 0.150. The van der Waals surface area contributed by atoms with E-state index < -0.39 is 0 Å². The van der Waals surface area contributed by atoms with Crippen LogP contribution < -0.4 is 4.74 Å². The number of fused-ring (bicyclic) bond motifs is 1. The molecular weight excluding hydrogens is 230 g/mol. The average Bonchev–Trinajstić information content (AvgIpc) is 2.64. The Labute approximate surface area is 97.6 Å². The minimum Gasteiger partial charge on any atom is -0.476 e. The van der Waals surface area contributed by atoms with Crippen LogP contribution in [0, 0.1) is 0 Å². The normalized spacial score (nSPS) is 11.2. The molecule has 86 valence electrons. The van der Waals surface area contributed by atoms with Gasteiger partial charge in [-0.1, -0.05) is 0 Å². The molecular formula is C9H12ClN5O. The van der Waals surface area contributed by atoms with Crippen molar-refractivity contribution in [1.82, 2.24) is 25.1 Å². The maximum atomic E-state index is 5.76. The van der Waals surface area contributed by atoms with Gasteiger partial charge >= 0.3 is 0 Å². The largest absolute Gasteiger partial charge is 0.476 e. The van der Waals surface area contributed by atoms with Crippen molar-refractivity contribution in [3.63, 3.8) is 0 Å². The molecule has 0 aliphatic carbocycles. The molecule has 6 nitrogen and oxygen atoms in total. The Morgan fingerprint density at radius 2 is 2.25 bits per heavy atom. The Balaban J connectivity index is 2.19. The zero-order chi connectivity index (χ0) is 11.5. The second kappa shape index (κ2) is 4.63. The quantitative estimate of drug-likeness (QED) is 0.808. The number of H-pyrrole nitrogens is 1. The molecule has 0 saturated heterocycles. The van der Waals surface area contributed by atoms with Gasteiger partial charge in [0.15, 0.2) is 5.65 Å².